The number of pyridine rings is 1. The number of aromatic amines is 1. The van der Waals surface area contributed by atoms with Crippen molar-refractivity contribution in [2.75, 3.05) is 5.32 Å². The summed E-state index contributed by atoms with van der Waals surface area (Å²) in [4.78, 5) is 40.9. The van der Waals surface area contributed by atoms with E-state index in [0.717, 1.165) is 22.8 Å². The Labute approximate surface area is 132 Å². The molecule has 10 heteroatoms. The zero-order valence-corrected chi connectivity index (χ0v) is 12.0. The van der Waals surface area contributed by atoms with Gasteiger partial charge in [-0.25, -0.2) is 14.2 Å². The normalized spacial score (nSPS) is 10.7. The van der Waals surface area contributed by atoms with E-state index in [1.165, 1.54) is 12.1 Å². The van der Waals surface area contributed by atoms with Gasteiger partial charge in [0, 0.05) is 12.1 Å². The van der Waals surface area contributed by atoms with Crippen LogP contribution in [0.3, 0.4) is 0 Å². The zero-order chi connectivity index (χ0) is 17.3. The molecule has 9 nitrogen and oxygen atoms in total. The molecule has 3 N–H and O–H groups in total. The molecule has 0 saturated heterocycles. The van der Waals surface area contributed by atoms with E-state index in [1.807, 2.05) is 0 Å². The number of aromatic carboxylic acids is 1. The van der Waals surface area contributed by atoms with Crippen LogP contribution in [0.2, 0.25) is 0 Å². The Bertz CT molecular complexity index is 993. The fraction of sp³-hybridized carbons (Fsp3) is 0.0714. The van der Waals surface area contributed by atoms with Gasteiger partial charge in [0.2, 0.25) is 5.91 Å². The highest BCUT2D eigenvalue weighted by Crippen LogP contribution is 2.07. The van der Waals surface area contributed by atoms with Gasteiger partial charge in [0.25, 0.3) is 5.56 Å². The van der Waals surface area contributed by atoms with Crippen LogP contribution in [0.15, 0.2) is 35.3 Å². The minimum absolute atomic E-state index is 0.155. The van der Waals surface area contributed by atoms with Gasteiger partial charge in [0.05, 0.1) is 18.3 Å². The molecule has 1 amide bonds. The molecule has 3 aromatic rings. The molecule has 0 bridgehead atoms. The molecule has 3 heterocycles. The van der Waals surface area contributed by atoms with Gasteiger partial charge in [-0.05, 0) is 12.1 Å². The predicted octanol–water partition coefficient (Wildman–Crippen LogP) is 0.436. The van der Waals surface area contributed by atoms with Crippen LogP contribution in [0.5, 0.6) is 0 Å². The summed E-state index contributed by atoms with van der Waals surface area (Å²) in [5.74, 6) is -2.10. The number of rotatable bonds is 4. The lowest BCUT2D eigenvalue weighted by atomic mass is 10.3. The van der Waals surface area contributed by atoms with E-state index in [4.69, 9.17) is 5.11 Å². The molecule has 24 heavy (non-hydrogen) atoms. The summed E-state index contributed by atoms with van der Waals surface area (Å²) < 4.78 is 13.7. The number of carboxylic acids is 1. The summed E-state index contributed by atoms with van der Waals surface area (Å²) >= 11 is 0. The maximum Gasteiger partial charge on any atom is 0.352 e. The standard InChI is InChI=1S/C14H10FN5O4/c15-7-1-2-10(16-6-7)18-12(21)4-8-3-11-17-9(14(23)24)5-13(22)20(11)19-8/h1-3,5-6,17H,4H2,(H,23,24)(H,16,18,21). The number of carbonyl (C=O) groups is 2. The lowest BCUT2D eigenvalue weighted by Crippen LogP contribution is -2.18. The Balaban J connectivity index is 1.81. The quantitative estimate of drug-likeness (QED) is 0.636. The molecule has 0 spiro atoms. The fourth-order valence-corrected chi connectivity index (χ4v) is 2.05. The molecule has 3 rings (SSSR count). The van der Waals surface area contributed by atoms with Crippen LogP contribution >= 0.6 is 0 Å². The Morgan fingerprint density at radius 3 is 2.79 bits per heavy atom. The van der Waals surface area contributed by atoms with Gasteiger partial charge in [0.1, 0.15) is 23.0 Å². The molecule has 0 aromatic carbocycles. The van der Waals surface area contributed by atoms with Crippen molar-refractivity contribution in [2.45, 2.75) is 6.42 Å². The summed E-state index contributed by atoms with van der Waals surface area (Å²) in [5, 5.41) is 15.3. The third-order valence-electron chi connectivity index (χ3n) is 3.07. The van der Waals surface area contributed by atoms with Gasteiger partial charge >= 0.3 is 5.97 Å². The second-order valence-electron chi connectivity index (χ2n) is 4.85. The van der Waals surface area contributed by atoms with Crippen molar-refractivity contribution in [1.29, 1.82) is 0 Å². The highest BCUT2D eigenvalue weighted by molar-refractivity contribution is 5.91. The van der Waals surface area contributed by atoms with Crippen LogP contribution in [0.1, 0.15) is 16.2 Å². The number of anilines is 1. The van der Waals surface area contributed by atoms with E-state index in [0.29, 0.717) is 0 Å². The van der Waals surface area contributed by atoms with Gasteiger partial charge in [-0.1, -0.05) is 0 Å². The van der Waals surface area contributed by atoms with E-state index in [-0.39, 0.29) is 29.3 Å². The van der Waals surface area contributed by atoms with Crippen LogP contribution in [0.4, 0.5) is 10.2 Å². The maximum atomic E-state index is 12.8. The third kappa shape index (κ3) is 3.11. The molecule has 122 valence electrons. The lowest BCUT2D eigenvalue weighted by molar-refractivity contribution is -0.115. The molecule has 0 saturated carbocycles. The van der Waals surface area contributed by atoms with Crippen molar-refractivity contribution >= 4 is 23.3 Å². The molecule has 0 radical (unpaired) electrons. The summed E-state index contributed by atoms with van der Waals surface area (Å²) in [5.41, 5.74) is -0.500. The number of hydrogen-bond donors (Lipinski definition) is 3. The predicted molar refractivity (Wildman–Crippen MR) is 79.3 cm³/mol. The summed E-state index contributed by atoms with van der Waals surface area (Å²) in [6.07, 6.45) is 0.795. The van der Waals surface area contributed by atoms with Crippen molar-refractivity contribution in [3.05, 3.63) is 58.0 Å². The Kier molecular flexibility index (Phi) is 3.78. The first-order chi connectivity index (χ1) is 11.4. The van der Waals surface area contributed by atoms with Crippen molar-refractivity contribution in [2.24, 2.45) is 0 Å². The number of fused-ring (bicyclic) bond motifs is 1. The Morgan fingerprint density at radius 2 is 2.12 bits per heavy atom. The monoisotopic (exact) mass is 331 g/mol. The molecule has 0 unspecified atom stereocenters. The molecule has 0 atom stereocenters. The van der Waals surface area contributed by atoms with E-state index < -0.39 is 23.3 Å². The van der Waals surface area contributed by atoms with E-state index >= 15 is 0 Å². The number of H-pyrrole nitrogens is 1. The maximum absolute atomic E-state index is 12.8. The van der Waals surface area contributed by atoms with Crippen LogP contribution in [-0.2, 0) is 11.2 Å². The molecular weight excluding hydrogens is 321 g/mol. The van der Waals surface area contributed by atoms with Crippen LogP contribution in [0, 0.1) is 5.82 Å². The van der Waals surface area contributed by atoms with Gasteiger partial charge in [0.15, 0.2) is 0 Å². The highest BCUT2D eigenvalue weighted by atomic mass is 19.1. The van der Waals surface area contributed by atoms with E-state index in [2.05, 4.69) is 20.4 Å². The van der Waals surface area contributed by atoms with Gasteiger partial charge in [-0.2, -0.15) is 9.61 Å². The fourth-order valence-electron chi connectivity index (χ4n) is 2.05. The molecule has 0 aliphatic heterocycles. The first kappa shape index (κ1) is 15.3. The second kappa shape index (κ2) is 5.91. The Hall–Kier alpha value is -3.56. The SMILES string of the molecule is O=C(Cc1cc2[nH]c(C(=O)O)cc(=O)n2n1)Nc1ccc(F)cn1. The Morgan fingerprint density at radius 1 is 1.33 bits per heavy atom. The molecule has 3 aromatic heterocycles. The number of aromatic nitrogens is 4. The molecular formula is C14H10FN5O4. The average Bonchev–Trinajstić information content (AvgIpc) is 2.92. The van der Waals surface area contributed by atoms with Crippen LogP contribution in [-0.4, -0.2) is 36.6 Å². The number of nitrogens with zero attached hydrogens (tertiary/aromatic N) is 3. The number of nitrogens with one attached hydrogen (secondary N) is 2. The first-order valence-corrected chi connectivity index (χ1v) is 6.69. The van der Waals surface area contributed by atoms with Crippen LogP contribution < -0.4 is 10.9 Å². The van der Waals surface area contributed by atoms with Crippen molar-refractivity contribution < 1.29 is 19.1 Å². The molecule has 0 fully saturated rings. The number of carboxylic acid groups (broad SMARTS) is 1. The lowest BCUT2D eigenvalue weighted by Gasteiger charge is -2.02. The topological polar surface area (TPSA) is 129 Å². The summed E-state index contributed by atoms with van der Waals surface area (Å²) in [6.45, 7) is 0. The van der Waals surface area contributed by atoms with Gasteiger partial charge in [-0.15, -0.1) is 0 Å². The first-order valence-electron chi connectivity index (χ1n) is 6.69. The van der Waals surface area contributed by atoms with E-state index in [1.54, 1.807) is 0 Å². The number of carbonyl (C=O) groups excluding carboxylic acids is 1. The largest absolute Gasteiger partial charge is 0.477 e. The van der Waals surface area contributed by atoms with Crippen LogP contribution in [0.25, 0.3) is 5.65 Å². The van der Waals surface area contributed by atoms with Crippen molar-refractivity contribution in [3.8, 4) is 0 Å². The summed E-state index contributed by atoms with van der Waals surface area (Å²) in [6, 6.07) is 4.75. The second-order valence-corrected chi connectivity index (χ2v) is 4.85. The third-order valence-corrected chi connectivity index (χ3v) is 3.07. The highest BCUT2D eigenvalue weighted by Gasteiger charge is 2.13. The minimum Gasteiger partial charge on any atom is -0.477 e. The number of hydrogen-bond acceptors (Lipinski definition) is 5. The number of amides is 1. The van der Waals surface area contributed by atoms with Crippen molar-refractivity contribution in [3.63, 3.8) is 0 Å². The minimum atomic E-state index is -1.28. The van der Waals surface area contributed by atoms with Crippen molar-refractivity contribution in [1.82, 2.24) is 19.6 Å². The van der Waals surface area contributed by atoms with Gasteiger partial charge in [-0.3, -0.25) is 9.59 Å². The molecule has 0 aliphatic carbocycles. The summed E-state index contributed by atoms with van der Waals surface area (Å²) in [7, 11) is 0. The van der Waals surface area contributed by atoms with Gasteiger partial charge < -0.3 is 15.4 Å². The smallest absolute Gasteiger partial charge is 0.352 e. The van der Waals surface area contributed by atoms with E-state index in [9.17, 15) is 18.8 Å². The number of halogens is 1. The zero-order valence-electron chi connectivity index (χ0n) is 12.0. The molecule has 0 aliphatic rings. The average molecular weight is 331 g/mol.